The van der Waals surface area contributed by atoms with Crippen molar-refractivity contribution < 1.29 is 9.18 Å². The fourth-order valence-corrected chi connectivity index (χ4v) is 2.78. The Balaban J connectivity index is 1.71. The highest BCUT2D eigenvalue weighted by molar-refractivity contribution is 6.30. The highest BCUT2D eigenvalue weighted by Gasteiger charge is 2.30. The molecule has 0 aromatic heterocycles. The van der Waals surface area contributed by atoms with Crippen molar-refractivity contribution in [2.24, 2.45) is 0 Å². The number of amides is 1. The summed E-state index contributed by atoms with van der Waals surface area (Å²) in [4.78, 5) is 16.3. The van der Waals surface area contributed by atoms with Crippen molar-refractivity contribution in [3.63, 3.8) is 0 Å². The SMILES string of the molecule is CC(C)(CF)N1CCN(CC(=O)NCc2ccc(Cl)cc2)CC1. The first-order valence-electron chi connectivity index (χ1n) is 7.95. The fourth-order valence-electron chi connectivity index (χ4n) is 2.66. The average Bonchev–Trinajstić information content (AvgIpc) is 2.55. The summed E-state index contributed by atoms with van der Waals surface area (Å²) in [6.07, 6.45) is 0. The van der Waals surface area contributed by atoms with Crippen molar-refractivity contribution >= 4 is 17.5 Å². The molecule has 0 atom stereocenters. The van der Waals surface area contributed by atoms with Crippen LogP contribution in [0.15, 0.2) is 24.3 Å². The monoisotopic (exact) mass is 341 g/mol. The number of halogens is 2. The number of hydrogen-bond donors (Lipinski definition) is 1. The largest absolute Gasteiger partial charge is 0.351 e. The summed E-state index contributed by atoms with van der Waals surface area (Å²) < 4.78 is 13.0. The zero-order chi connectivity index (χ0) is 16.9. The molecule has 1 aromatic carbocycles. The van der Waals surface area contributed by atoms with E-state index in [1.807, 2.05) is 38.1 Å². The van der Waals surface area contributed by atoms with Gasteiger partial charge in [-0.3, -0.25) is 14.6 Å². The summed E-state index contributed by atoms with van der Waals surface area (Å²) in [5.41, 5.74) is 0.611. The number of rotatable bonds is 6. The minimum atomic E-state index is -0.414. The normalized spacial score (nSPS) is 17.2. The van der Waals surface area contributed by atoms with Crippen LogP contribution >= 0.6 is 11.6 Å². The number of alkyl halides is 1. The summed E-state index contributed by atoms with van der Waals surface area (Å²) in [5, 5.41) is 3.61. The van der Waals surface area contributed by atoms with Gasteiger partial charge in [-0.05, 0) is 31.5 Å². The second-order valence-corrected chi connectivity index (χ2v) is 7.05. The molecular weight excluding hydrogens is 317 g/mol. The van der Waals surface area contributed by atoms with Gasteiger partial charge in [0.15, 0.2) is 0 Å². The summed E-state index contributed by atoms with van der Waals surface area (Å²) in [7, 11) is 0. The molecular formula is C17H25ClFN3O. The first kappa shape index (κ1) is 18.2. The highest BCUT2D eigenvalue weighted by atomic mass is 35.5. The number of hydrogen-bond acceptors (Lipinski definition) is 3. The van der Waals surface area contributed by atoms with Crippen LogP contribution in [0.2, 0.25) is 5.02 Å². The van der Waals surface area contributed by atoms with Crippen LogP contribution in [0.5, 0.6) is 0 Å². The van der Waals surface area contributed by atoms with Crippen LogP contribution in [0, 0.1) is 0 Å². The van der Waals surface area contributed by atoms with E-state index in [0.29, 0.717) is 18.1 Å². The topological polar surface area (TPSA) is 35.6 Å². The number of nitrogens with one attached hydrogen (secondary N) is 1. The molecule has 1 fully saturated rings. The van der Waals surface area contributed by atoms with E-state index >= 15 is 0 Å². The third kappa shape index (κ3) is 5.44. The predicted octanol–water partition coefficient (Wildman–Crippen LogP) is 2.32. The number of carbonyl (C=O) groups is 1. The maximum Gasteiger partial charge on any atom is 0.234 e. The van der Waals surface area contributed by atoms with E-state index in [2.05, 4.69) is 15.1 Å². The highest BCUT2D eigenvalue weighted by Crippen LogP contribution is 2.17. The van der Waals surface area contributed by atoms with E-state index in [0.717, 1.165) is 31.7 Å². The van der Waals surface area contributed by atoms with E-state index in [9.17, 15) is 9.18 Å². The Hall–Kier alpha value is -1.17. The van der Waals surface area contributed by atoms with E-state index in [1.165, 1.54) is 0 Å². The van der Waals surface area contributed by atoms with Crippen LogP contribution < -0.4 is 5.32 Å². The lowest BCUT2D eigenvalue weighted by atomic mass is 10.0. The van der Waals surface area contributed by atoms with E-state index in [4.69, 9.17) is 11.6 Å². The molecule has 1 aromatic rings. The van der Waals surface area contributed by atoms with Crippen molar-refractivity contribution in [3.8, 4) is 0 Å². The zero-order valence-electron chi connectivity index (χ0n) is 13.8. The van der Waals surface area contributed by atoms with Crippen LogP contribution in [0.1, 0.15) is 19.4 Å². The fraction of sp³-hybridized carbons (Fsp3) is 0.588. The summed E-state index contributed by atoms with van der Waals surface area (Å²) in [6.45, 7) is 7.54. The molecule has 128 valence electrons. The van der Waals surface area contributed by atoms with E-state index < -0.39 is 5.54 Å². The molecule has 0 radical (unpaired) electrons. The Morgan fingerprint density at radius 3 is 2.39 bits per heavy atom. The van der Waals surface area contributed by atoms with Crippen molar-refractivity contribution in [2.45, 2.75) is 25.9 Å². The minimum absolute atomic E-state index is 0.0122. The van der Waals surface area contributed by atoms with Crippen molar-refractivity contribution in [3.05, 3.63) is 34.9 Å². The van der Waals surface area contributed by atoms with Gasteiger partial charge in [-0.2, -0.15) is 0 Å². The summed E-state index contributed by atoms with van der Waals surface area (Å²) in [6, 6.07) is 7.44. The molecule has 1 amide bonds. The van der Waals surface area contributed by atoms with Crippen molar-refractivity contribution in [1.29, 1.82) is 0 Å². The van der Waals surface area contributed by atoms with Crippen molar-refractivity contribution in [1.82, 2.24) is 15.1 Å². The Bertz CT molecular complexity index is 513. The van der Waals surface area contributed by atoms with Crippen LogP contribution in [-0.2, 0) is 11.3 Å². The molecule has 23 heavy (non-hydrogen) atoms. The predicted molar refractivity (Wildman–Crippen MR) is 91.4 cm³/mol. The Morgan fingerprint density at radius 1 is 1.22 bits per heavy atom. The maximum absolute atomic E-state index is 13.0. The zero-order valence-corrected chi connectivity index (χ0v) is 14.6. The molecule has 1 saturated heterocycles. The van der Waals surface area contributed by atoms with E-state index in [-0.39, 0.29) is 12.6 Å². The second-order valence-electron chi connectivity index (χ2n) is 6.61. The molecule has 0 aliphatic carbocycles. The quantitative estimate of drug-likeness (QED) is 0.862. The van der Waals surface area contributed by atoms with Gasteiger partial charge in [0, 0.05) is 43.3 Å². The van der Waals surface area contributed by atoms with Gasteiger partial charge >= 0.3 is 0 Å². The maximum atomic E-state index is 13.0. The number of carbonyl (C=O) groups excluding carboxylic acids is 1. The molecule has 0 bridgehead atoms. The third-order valence-corrected chi connectivity index (χ3v) is 4.58. The van der Waals surface area contributed by atoms with Crippen LogP contribution in [0.25, 0.3) is 0 Å². The molecule has 1 aliphatic heterocycles. The molecule has 0 unspecified atom stereocenters. The lowest BCUT2D eigenvalue weighted by Gasteiger charge is -2.42. The third-order valence-electron chi connectivity index (χ3n) is 4.33. The van der Waals surface area contributed by atoms with Gasteiger partial charge < -0.3 is 5.32 Å². The Morgan fingerprint density at radius 2 is 1.83 bits per heavy atom. The van der Waals surface area contributed by atoms with Gasteiger partial charge in [-0.1, -0.05) is 23.7 Å². The van der Waals surface area contributed by atoms with E-state index in [1.54, 1.807) is 0 Å². The number of piperazine rings is 1. The lowest BCUT2D eigenvalue weighted by molar-refractivity contribution is -0.123. The Labute approximate surface area is 142 Å². The minimum Gasteiger partial charge on any atom is -0.351 e. The van der Waals surface area contributed by atoms with Gasteiger partial charge in [0.1, 0.15) is 6.67 Å². The number of nitrogens with zero attached hydrogens (tertiary/aromatic N) is 2. The van der Waals surface area contributed by atoms with Crippen molar-refractivity contribution in [2.75, 3.05) is 39.4 Å². The standard InChI is InChI=1S/C17H25ClFN3O/c1-17(2,13-19)22-9-7-21(8-10-22)12-16(23)20-11-14-3-5-15(18)6-4-14/h3-6H,7-13H2,1-2H3,(H,20,23). The first-order chi connectivity index (χ1) is 10.9. The molecule has 1 heterocycles. The lowest BCUT2D eigenvalue weighted by Crippen LogP contribution is -2.56. The van der Waals surface area contributed by atoms with Crippen LogP contribution in [0.4, 0.5) is 4.39 Å². The summed E-state index contributed by atoms with van der Waals surface area (Å²) in [5.74, 6) is 0.0122. The van der Waals surface area contributed by atoms with Crippen LogP contribution in [-0.4, -0.2) is 60.6 Å². The molecule has 1 N–H and O–H groups in total. The number of benzene rings is 1. The molecule has 6 heteroatoms. The van der Waals surface area contributed by atoms with Crippen LogP contribution in [0.3, 0.4) is 0 Å². The van der Waals surface area contributed by atoms with Gasteiger partial charge in [-0.25, -0.2) is 4.39 Å². The first-order valence-corrected chi connectivity index (χ1v) is 8.33. The molecule has 0 spiro atoms. The van der Waals surface area contributed by atoms with Gasteiger partial charge in [0.05, 0.1) is 6.54 Å². The molecule has 2 rings (SSSR count). The molecule has 0 saturated carbocycles. The van der Waals surface area contributed by atoms with Gasteiger partial charge in [0.25, 0.3) is 0 Å². The molecule has 1 aliphatic rings. The van der Waals surface area contributed by atoms with Gasteiger partial charge in [-0.15, -0.1) is 0 Å². The molecule has 4 nitrogen and oxygen atoms in total. The average molecular weight is 342 g/mol. The second kappa shape index (κ2) is 8.08. The summed E-state index contributed by atoms with van der Waals surface area (Å²) >= 11 is 5.84. The van der Waals surface area contributed by atoms with Gasteiger partial charge in [0.2, 0.25) is 5.91 Å². The smallest absolute Gasteiger partial charge is 0.234 e. The Kier molecular flexibility index (Phi) is 6.39.